The van der Waals surface area contributed by atoms with E-state index >= 15 is 0 Å². The molecule has 5 nitrogen and oxygen atoms in total. The lowest BCUT2D eigenvalue weighted by atomic mass is 9.48. The maximum Gasteiger partial charge on any atom is 0.251 e. The first-order valence-corrected chi connectivity index (χ1v) is 12.7. The Balaban J connectivity index is 1.32. The van der Waals surface area contributed by atoms with Gasteiger partial charge in [-0.25, -0.2) is 8.42 Å². The molecule has 1 atom stereocenters. The second-order valence-electron chi connectivity index (χ2n) is 10.1. The van der Waals surface area contributed by atoms with Gasteiger partial charge in [0.15, 0.2) is 0 Å². The highest BCUT2D eigenvalue weighted by molar-refractivity contribution is 7.89. The van der Waals surface area contributed by atoms with E-state index in [1.54, 1.807) is 24.3 Å². The molecule has 0 radical (unpaired) electrons. The molecule has 29 heavy (non-hydrogen) atoms. The van der Waals surface area contributed by atoms with Gasteiger partial charge in [0.25, 0.3) is 5.91 Å². The average molecular weight is 417 g/mol. The third-order valence-electron chi connectivity index (χ3n) is 8.15. The van der Waals surface area contributed by atoms with Gasteiger partial charge in [-0.15, -0.1) is 0 Å². The summed E-state index contributed by atoms with van der Waals surface area (Å²) in [5.74, 6) is 2.38. The monoisotopic (exact) mass is 416 g/mol. The van der Waals surface area contributed by atoms with Crippen LogP contribution in [0.15, 0.2) is 29.2 Å². The van der Waals surface area contributed by atoms with Crippen LogP contribution in [0.2, 0.25) is 0 Å². The van der Waals surface area contributed by atoms with Crippen molar-refractivity contribution in [2.75, 3.05) is 13.1 Å². The molecule has 1 aromatic carbocycles. The Morgan fingerprint density at radius 1 is 1.07 bits per heavy atom. The SMILES string of the molecule is CC(NC(=O)c1cccc(S(=O)(=O)N2CCCC2)c1)C12CC3CC(CC(C3)C1)C2. The molecule has 1 heterocycles. The first-order chi connectivity index (χ1) is 13.9. The average Bonchev–Trinajstić information content (AvgIpc) is 3.23. The van der Waals surface area contributed by atoms with Crippen molar-refractivity contribution in [2.45, 2.75) is 69.2 Å². The Bertz CT molecular complexity index is 869. The van der Waals surface area contributed by atoms with E-state index < -0.39 is 10.0 Å². The van der Waals surface area contributed by atoms with Crippen LogP contribution in [0.5, 0.6) is 0 Å². The minimum absolute atomic E-state index is 0.127. The summed E-state index contributed by atoms with van der Waals surface area (Å²) >= 11 is 0. The molecule has 5 fully saturated rings. The molecular formula is C23H32N2O3S. The van der Waals surface area contributed by atoms with Crippen LogP contribution in [0.4, 0.5) is 0 Å². The molecule has 0 aromatic heterocycles. The molecule has 1 N–H and O–H groups in total. The van der Waals surface area contributed by atoms with Gasteiger partial charge < -0.3 is 5.32 Å². The second-order valence-corrected chi connectivity index (χ2v) is 12.1. The van der Waals surface area contributed by atoms with E-state index in [9.17, 15) is 13.2 Å². The molecule has 1 amide bonds. The maximum atomic E-state index is 13.0. The largest absolute Gasteiger partial charge is 0.349 e. The van der Waals surface area contributed by atoms with E-state index in [0.717, 1.165) is 30.6 Å². The zero-order valence-electron chi connectivity index (χ0n) is 17.3. The maximum absolute atomic E-state index is 13.0. The van der Waals surface area contributed by atoms with Crippen molar-refractivity contribution in [2.24, 2.45) is 23.2 Å². The van der Waals surface area contributed by atoms with Crippen LogP contribution in [0.3, 0.4) is 0 Å². The number of carbonyl (C=O) groups is 1. The highest BCUT2D eigenvalue weighted by atomic mass is 32.2. The molecule has 0 spiro atoms. The topological polar surface area (TPSA) is 66.5 Å². The zero-order chi connectivity index (χ0) is 20.2. The summed E-state index contributed by atoms with van der Waals surface area (Å²) in [6.45, 7) is 3.31. The summed E-state index contributed by atoms with van der Waals surface area (Å²) < 4.78 is 27.2. The predicted molar refractivity (Wildman–Crippen MR) is 112 cm³/mol. The summed E-state index contributed by atoms with van der Waals surface area (Å²) in [6.07, 6.45) is 9.68. The zero-order valence-corrected chi connectivity index (χ0v) is 18.1. The second kappa shape index (κ2) is 7.09. The molecule has 4 aliphatic carbocycles. The van der Waals surface area contributed by atoms with Gasteiger partial charge in [0.2, 0.25) is 10.0 Å². The Kier molecular flexibility index (Phi) is 4.78. The van der Waals surface area contributed by atoms with Gasteiger partial charge in [-0.05, 0) is 99.7 Å². The van der Waals surface area contributed by atoms with Crippen LogP contribution in [0, 0.1) is 23.2 Å². The number of sulfonamides is 1. The Morgan fingerprint density at radius 2 is 1.66 bits per heavy atom. The lowest BCUT2D eigenvalue weighted by molar-refractivity contribution is -0.0688. The van der Waals surface area contributed by atoms with Gasteiger partial charge in [-0.3, -0.25) is 4.79 Å². The van der Waals surface area contributed by atoms with E-state index in [-0.39, 0.29) is 22.3 Å². The summed E-state index contributed by atoms with van der Waals surface area (Å²) in [6, 6.07) is 6.70. The predicted octanol–water partition coefficient (Wildman–Crippen LogP) is 3.81. The van der Waals surface area contributed by atoms with Crippen molar-refractivity contribution in [1.82, 2.24) is 9.62 Å². The van der Waals surface area contributed by atoms with Gasteiger partial charge >= 0.3 is 0 Å². The normalized spacial score (nSPS) is 35.0. The lowest BCUT2D eigenvalue weighted by Crippen LogP contribution is -2.55. The van der Waals surface area contributed by atoms with Crippen LogP contribution in [0.25, 0.3) is 0 Å². The number of hydrogen-bond donors (Lipinski definition) is 1. The van der Waals surface area contributed by atoms with E-state index in [4.69, 9.17) is 0 Å². The molecule has 6 rings (SSSR count). The van der Waals surface area contributed by atoms with Gasteiger partial charge in [0.1, 0.15) is 0 Å². The van der Waals surface area contributed by atoms with Gasteiger partial charge in [0.05, 0.1) is 4.90 Å². The Labute approximate surface area is 174 Å². The summed E-state index contributed by atoms with van der Waals surface area (Å²) in [5.41, 5.74) is 0.686. The summed E-state index contributed by atoms with van der Waals surface area (Å²) in [4.78, 5) is 13.3. The van der Waals surface area contributed by atoms with E-state index in [1.165, 1.54) is 42.8 Å². The fourth-order valence-corrected chi connectivity index (χ4v) is 8.58. The van der Waals surface area contributed by atoms with Crippen molar-refractivity contribution in [3.63, 3.8) is 0 Å². The molecule has 1 saturated heterocycles. The van der Waals surface area contributed by atoms with E-state index in [1.807, 2.05) is 0 Å². The number of benzene rings is 1. The molecule has 4 bridgehead atoms. The van der Waals surface area contributed by atoms with E-state index in [2.05, 4.69) is 12.2 Å². The third-order valence-corrected chi connectivity index (χ3v) is 10.0. The smallest absolute Gasteiger partial charge is 0.251 e. The lowest BCUT2D eigenvalue weighted by Gasteiger charge is -2.59. The highest BCUT2D eigenvalue weighted by Crippen LogP contribution is 2.61. The summed E-state index contributed by atoms with van der Waals surface area (Å²) in [7, 11) is -3.51. The number of nitrogens with zero attached hydrogens (tertiary/aromatic N) is 1. The number of nitrogens with one attached hydrogen (secondary N) is 1. The van der Waals surface area contributed by atoms with Gasteiger partial charge in [0, 0.05) is 24.7 Å². The Hall–Kier alpha value is -1.40. The van der Waals surface area contributed by atoms with Crippen molar-refractivity contribution in [1.29, 1.82) is 0 Å². The standard InChI is InChI=1S/C23H32N2O3S/c1-16(23-13-17-9-18(14-23)11-19(10-17)15-23)24-22(26)20-5-4-6-21(12-20)29(27,28)25-7-2-3-8-25/h4-6,12,16-19H,2-3,7-11,13-15H2,1H3,(H,24,26). The fraction of sp³-hybridized carbons (Fsp3) is 0.696. The number of amides is 1. The first kappa shape index (κ1) is 19.6. The molecule has 5 aliphatic rings. The van der Waals surface area contributed by atoms with Crippen molar-refractivity contribution < 1.29 is 13.2 Å². The molecular weight excluding hydrogens is 384 g/mol. The number of hydrogen-bond acceptors (Lipinski definition) is 3. The molecule has 6 heteroatoms. The van der Waals surface area contributed by atoms with Crippen molar-refractivity contribution in [3.05, 3.63) is 29.8 Å². The van der Waals surface area contributed by atoms with Gasteiger partial charge in [-0.1, -0.05) is 6.07 Å². The molecule has 4 saturated carbocycles. The van der Waals surface area contributed by atoms with Crippen molar-refractivity contribution in [3.8, 4) is 0 Å². The quantitative estimate of drug-likeness (QED) is 0.794. The summed E-state index contributed by atoms with van der Waals surface area (Å²) in [5, 5.41) is 3.25. The van der Waals surface area contributed by atoms with Gasteiger partial charge in [-0.2, -0.15) is 4.31 Å². The minimum atomic E-state index is -3.51. The third kappa shape index (κ3) is 3.42. The van der Waals surface area contributed by atoms with Crippen LogP contribution in [-0.4, -0.2) is 37.8 Å². The molecule has 1 unspecified atom stereocenters. The molecule has 1 aromatic rings. The van der Waals surface area contributed by atoms with Crippen LogP contribution in [-0.2, 0) is 10.0 Å². The van der Waals surface area contributed by atoms with E-state index in [0.29, 0.717) is 18.7 Å². The first-order valence-electron chi connectivity index (χ1n) is 11.3. The number of carbonyl (C=O) groups excluding carboxylic acids is 1. The van der Waals surface area contributed by atoms with Crippen molar-refractivity contribution >= 4 is 15.9 Å². The van der Waals surface area contributed by atoms with Crippen LogP contribution in [0.1, 0.15) is 68.6 Å². The molecule has 1 aliphatic heterocycles. The minimum Gasteiger partial charge on any atom is -0.349 e. The fourth-order valence-electron chi connectivity index (χ4n) is 7.02. The highest BCUT2D eigenvalue weighted by Gasteiger charge is 2.53. The van der Waals surface area contributed by atoms with Crippen LogP contribution >= 0.6 is 0 Å². The Morgan fingerprint density at radius 3 is 2.24 bits per heavy atom. The van der Waals surface area contributed by atoms with Crippen LogP contribution < -0.4 is 5.32 Å². The number of rotatable bonds is 5. The molecule has 158 valence electrons.